The van der Waals surface area contributed by atoms with Gasteiger partial charge < -0.3 is 15.1 Å². The van der Waals surface area contributed by atoms with Gasteiger partial charge >= 0.3 is 0 Å². The summed E-state index contributed by atoms with van der Waals surface area (Å²) in [5, 5.41) is 4.18. The van der Waals surface area contributed by atoms with Crippen LogP contribution in [0.4, 0.5) is 17.3 Å². The summed E-state index contributed by atoms with van der Waals surface area (Å²) >= 11 is 0. The van der Waals surface area contributed by atoms with E-state index in [4.69, 9.17) is 4.98 Å². The van der Waals surface area contributed by atoms with Crippen molar-refractivity contribution in [3.05, 3.63) is 65.1 Å². The molecule has 0 amide bonds. The Balaban J connectivity index is 1.39. The molecule has 1 aliphatic heterocycles. The van der Waals surface area contributed by atoms with Crippen LogP contribution in [0.15, 0.2) is 59.5 Å². The molecule has 2 aliphatic rings. The first kappa shape index (κ1) is 19.8. The molecule has 2 aromatic heterocycles. The zero-order valence-electron chi connectivity index (χ0n) is 17.9. The van der Waals surface area contributed by atoms with Crippen molar-refractivity contribution in [1.29, 1.82) is 0 Å². The molecule has 0 bridgehead atoms. The number of anilines is 3. The fraction of sp³-hybridized carbons (Fsp3) is 0.375. The molecule has 1 fully saturated rings. The molecule has 0 radical (unpaired) electrons. The van der Waals surface area contributed by atoms with Crippen molar-refractivity contribution in [2.75, 3.05) is 43.4 Å². The molecule has 160 valence electrons. The van der Waals surface area contributed by atoms with Crippen molar-refractivity contribution < 1.29 is 0 Å². The van der Waals surface area contributed by atoms with Crippen molar-refractivity contribution in [2.45, 2.75) is 25.3 Å². The van der Waals surface area contributed by atoms with E-state index in [9.17, 15) is 4.79 Å². The normalized spacial score (nSPS) is 19.6. The minimum Gasteiger partial charge on any atom is -0.369 e. The quantitative estimate of drug-likeness (QED) is 0.656. The Bertz CT molecular complexity index is 1140. The van der Waals surface area contributed by atoms with E-state index in [1.165, 1.54) is 5.69 Å². The molecule has 1 aromatic carbocycles. The smallest absolute Gasteiger partial charge is 0.252 e. The lowest BCUT2D eigenvalue weighted by Crippen LogP contribution is -2.44. The SMILES string of the molecule is CN1CCN(c2ccc(Nc3ncc4ccc(=O)n(C5CC=CCC5)c4n3)cc2)CC1. The highest BCUT2D eigenvalue weighted by atomic mass is 16.1. The van der Waals surface area contributed by atoms with E-state index in [0.29, 0.717) is 11.6 Å². The molecule has 1 N–H and O–H groups in total. The number of nitrogens with one attached hydrogen (secondary N) is 1. The second kappa shape index (κ2) is 8.51. The van der Waals surface area contributed by atoms with Gasteiger partial charge in [0.05, 0.1) is 0 Å². The van der Waals surface area contributed by atoms with Crippen LogP contribution in [-0.4, -0.2) is 52.7 Å². The van der Waals surface area contributed by atoms with Gasteiger partial charge in [-0.15, -0.1) is 0 Å². The zero-order chi connectivity index (χ0) is 21.2. The molecule has 3 aromatic rings. The van der Waals surface area contributed by atoms with Crippen LogP contribution in [0.2, 0.25) is 0 Å². The number of nitrogens with zero attached hydrogens (tertiary/aromatic N) is 5. The monoisotopic (exact) mass is 416 g/mol. The van der Waals surface area contributed by atoms with Crippen LogP contribution >= 0.6 is 0 Å². The summed E-state index contributed by atoms with van der Waals surface area (Å²) in [6.07, 6.45) is 8.93. The molecule has 0 spiro atoms. The van der Waals surface area contributed by atoms with Crippen LogP contribution < -0.4 is 15.8 Å². The van der Waals surface area contributed by atoms with E-state index in [-0.39, 0.29) is 11.6 Å². The molecule has 1 saturated heterocycles. The number of hydrogen-bond donors (Lipinski definition) is 1. The number of piperazine rings is 1. The zero-order valence-corrected chi connectivity index (χ0v) is 17.9. The molecule has 0 saturated carbocycles. The topological polar surface area (TPSA) is 66.3 Å². The van der Waals surface area contributed by atoms with E-state index in [1.807, 2.05) is 4.57 Å². The number of benzene rings is 1. The molecule has 31 heavy (non-hydrogen) atoms. The number of allylic oxidation sites excluding steroid dienone is 2. The first-order valence-corrected chi connectivity index (χ1v) is 11.0. The Morgan fingerprint density at radius 3 is 2.55 bits per heavy atom. The van der Waals surface area contributed by atoms with E-state index in [1.54, 1.807) is 18.3 Å². The number of aromatic nitrogens is 3. The van der Waals surface area contributed by atoms with Crippen LogP contribution in [0, 0.1) is 0 Å². The molecule has 1 atom stereocenters. The molecule has 5 rings (SSSR count). The summed E-state index contributed by atoms with van der Waals surface area (Å²) in [6.45, 7) is 4.27. The summed E-state index contributed by atoms with van der Waals surface area (Å²) in [5.74, 6) is 0.505. The van der Waals surface area contributed by atoms with Crippen molar-refractivity contribution in [1.82, 2.24) is 19.4 Å². The highest BCUT2D eigenvalue weighted by Gasteiger charge is 2.18. The number of rotatable bonds is 4. The van der Waals surface area contributed by atoms with Crippen molar-refractivity contribution in [3.63, 3.8) is 0 Å². The first-order valence-electron chi connectivity index (χ1n) is 11.0. The number of likely N-dealkylation sites (N-methyl/N-ethyl adjacent to an activating group) is 1. The molecular weight excluding hydrogens is 388 g/mol. The van der Waals surface area contributed by atoms with E-state index >= 15 is 0 Å². The minimum atomic E-state index is -0.00557. The Labute approximate surface area is 182 Å². The highest BCUT2D eigenvalue weighted by molar-refractivity contribution is 5.76. The van der Waals surface area contributed by atoms with Gasteiger partial charge in [0.15, 0.2) is 0 Å². The minimum absolute atomic E-state index is 0.00557. The van der Waals surface area contributed by atoms with Crippen LogP contribution in [-0.2, 0) is 0 Å². The molecule has 7 nitrogen and oxygen atoms in total. The summed E-state index contributed by atoms with van der Waals surface area (Å²) in [6, 6.07) is 12.0. The van der Waals surface area contributed by atoms with Gasteiger partial charge in [-0.25, -0.2) is 4.98 Å². The van der Waals surface area contributed by atoms with Gasteiger partial charge in [0.1, 0.15) is 5.65 Å². The fourth-order valence-electron chi connectivity index (χ4n) is 4.41. The van der Waals surface area contributed by atoms with Gasteiger partial charge in [-0.05, 0) is 56.6 Å². The van der Waals surface area contributed by atoms with Crippen molar-refractivity contribution in [2.24, 2.45) is 0 Å². The largest absolute Gasteiger partial charge is 0.369 e. The summed E-state index contributed by atoms with van der Waals surface area (Å²) < 4.78 is 1.84. The third kappa shape index (κ3) is 4.18. The van der Waals surface area contributed by atoms with Gasteiger partial charge in [0.25, 0.3) is 5.56 Å². The average molecular weight is 417 g/mol. The Kier molecular flexibility index (Phi) is 5.42. The molecule has 1 unspecified atom stereocenters. The van der Waals surface area contributed by atoms with Gasteiger partial charge in [-0.1, -0.05) is 12.2 Å². The molecule has 1 aliphatic carbocycles. The lowest BCUT2D eigenvalue weighted by atomic mass is 10.0. The van der Waals surface area contributed by atoms with Crippen LogP contribution in [0.1, 0.15) is 25.3 Å². The van der Waals surface area contributed by atoms with Gasteiger partial charge in [0, 0.05) is 61.2 Å². The van der Waals surface area contributed by atoms with E-state index in [0.717, 1.165) is 56.5 Å². The maximum absolute atomic E-state index is 12.7. The lowest BCUT2D eigenvalue weighted by molar-refractivity contribution is 0.313. The van der Waals surface area contributed by atoms with Crippen molar-refractivity contribution >= 4 is 28.4 Å². The Morgan fingerprint density at radius 1 is 1.00 bits per heavy atom. The van der Waals surface area contributed by atoms with Crippen LogP contribution in [0.25, 0.3) is 11.0 Å². The molecule has 3 heterocycles. The van der Waals surface area contributed by atoms with Crippen LogP contribution in [0.5, 0.6) is 0 Å². The third-order valence-electron chi connectivity index (χ3n) is 6.27. The average Bonchev–Trinajstić information content (AvgIpc) is 2.81. The summed E-state index contributed by atoms with van der Waals surface area (Å²) in [4.78, 5) is 26.6. The van der Waals surface area contributed by atoms with Gasteiger partial charge in [-0.2, -0.15) is 4.98 Å². The maximum Gasteiger partial charge on any atom is 0.252 e. The second-order valence-corrected chi connectivity index (χ2v) is 8.41. The first-order chi connectivity index (χ1) is 15.2. The predicted octanol–water partition coefficient (Wildman–Crippen LogP) is 3.57. The van der Waals surface area contributed by atoms with E-state index in [2.05, 4.69) is 63.6 Å². The van der Waals surface area contributed by atoms with Gasteiger partial charge in [0.2, 0.25) is 5.95 Å². The fourth-order valence-corrected chi connectivity index (χ4v) is 4.41. The third-order valence-corrected chi connectivity index (χ3v) is 6.27. The van der Waals surface area contributed by atoms with Crippen LogP contribution in [0.3, 0.4) is 0 Å². The van der Waals surface area contributed by atoms with E-state index < -0.39 is 0 Å². The molecule has 7 heteroatoms. The lowest BCUT2D eigenvalue weighted by Gasteiger charge is -2.34. The standard InChI is InChI=1S/C24H28N6O/c1-28-13-15-29(16-14-28)20-10-8-19(9-11-20)26-24-25-17-18-7-12-22(31)30(23(18)27-24)21-5-3-2-4-6-21/h2-3,7-12,17,21H,4-6,13-16H2,1H3,(H,25,26,27). The summed E-state index contributed by atoms with van der Waals surface area (Å²) in [5.41, 5.74) is 2.85. The second-order valence-electron chi connectivity index (χ2n) is 8.41. The summed E-state index contributed by atoms with van der Waals surface area (Å²) in [7, 11) is 2.17. The Hall–Kier alpha value is -3.19. The highest BCUT2D eigenvalue weighted by Crippen LogP contribution is 2.26. The van der Waals surface area contributed by atoms with Crippen molar-refractivity contribution in [3.8, 4) is 0 Å². The Morgan fingerprint density at radius 2 is 1.81 bits per heavy atom. The number of pyridine rings is 1. The van der Waals surface area contributed by atoms with Gasteiger partial charge in [-0.3, -0.25) is 9.36 Å². The molecular formula is C24H28N6O. The maximum atomic E-state index is 12.7. The predicted molar refractivity (Wildman–Crippen MR) is 125 cm³/mol. The number of fused-ring (bicyclic) bond motifs is 1. The number of hydrogen-bond acceptors (Lipinski definition) is 6.